The third-order valence-electron chi connectivity index (χ3n) is 3.65. The molecule has 3 aromatic rings. The SMILES string of the molecule is COc1ccc(-c2cnc(SC)n2-c2ccccc2C)cc1. The summed E-state index contributed by atoms with van der Waals surface area (Å²) in [7, 11) is 1.68. The maximum absolute atomic E-state index is 5.24. The van der Waals surface area contributed by atoms with Gasteiger partial charge in [0.15, 0.2) is 5.16 Å². The summed E-state index contributed by atoms with van der Waals surface area (Å²) in [5.74, 6) is 0.857. The van der Waals surface area contributed by atoms with Gasteiger partial charge in [-0.15, -0.1) is 0 Å². The van der Waals surface area contributed by atoms with E-state index in [-0.39, 0.29) is 0 Å². The Morgan fingerprint density at radius 1 is 1.05 bits per heavy atom. The van der Waals surface area contributed by atoms with Gasteiger partial charge in [-0.2, -0.15) is 0 Å². The number of para-hydroxylation sites is 1. The first-order valence-electron chi connectivity index (χ1n) is 7.06. The summed E-state index contributed by atoms with van der Waals surface area (Å²) in [5.41, 5.74) is 4.60. The van der Waals surface area contributed by atoms with Gasteiger partial charge >= 0.3 is 0 Å². The fraction of sp³-hybridized carbons (Fsp3) is 0.167. The van der Waals surface area contributed by atoms with Crippen molar-refractivity contribution in [2.45, 2.75) is 12.1 Å². The molecule has 3 rings (SSSR count). The average Bonchev–Trinajstić information content (AvgIpc) is 2.99. The Morgan fingerprint density at radius 3 is 2.41 bits per heavy atom. The van der Waals surface area contributed by atoms with E-state index >= 15 is 0 Å². The fourth-order valence-corrected chi connectivity index (χ4v) is 3.03. The Hall–Kier alpha value is -2.20. The quantitative estimate of drug-likeness (QED) is 0.660. The zero-order valence-electron chi connectivity index (χ0n) is 12.9. The van der Waals surface area contributed by atoms with Crippen molar-refractivity contribution in [2.24, 2.45) is 0 Å². The summed E-state index contributed by atoms with van der Waals surface area (Å²) >= 11 is 1.65. The summed E-state index contributed by atoms with van der Waals surface area (Å²) < 4.78 is 7.45. The molecule has 0 aliphatic rings. The van der Waals surface area contributed by atoms with E-state index < -0.39 is 0 Å². The number of hydrogen-bond donors (Lipinski definition) is 0. The molecular formula is C18H18N2OS. The number of imidazole rings is 1. The lowest BCUT2D eigenvalue weighted by atomic mass is 10.1. The van der Waals surface area contributed by atoms with E-state index in [1.165, 1.54) is 5.56 Å². The molecule has 0 aliphatic carbocycles. The van der Waals surface area contributed by atoms with Crippen molar-refractivity contribution in [2.75, 3.05) is 13.4 Å². The number of benzene rings is 2. The van der Waals surface area contributed by atoms with E-state index in [2.05, 4.69) is 59.1 Å². The molecule has 1 heterocycles. The van der Waals surface area contributed by atoms with Crippen molar-refractivity contribution in [3.63, 3.8) is 0 Å². The Kier molecular flexibility index (Phi) is 4.20. The van der Waals surface area contributed by atoms with Gasteiger partial charge in [0.05, 0.1) is 24.7 Å². The van der Waals surface area contributed by atoms with Crippen molar-refractivity contribution >= 4 is 11.8 Å². The van der Waals surface area contributed by atoms with E-state index in [4.69, 9.17) is 4.74 Å². The number of rotatable bonds is 4. The normalized spacial score (nSPS) is 10.7. The maximum Gasteiger partial charge on any atom is 0.172 e. The summed E-state index contributed by atoms with van der Waals surface area (Å²) in [4.78, 5) is 4.57. The first-order chi connectivity index (χ1) is 10.7. The Labute approximate surface area is 135 Å². The second-order valence-electron chi connectivity index (χ2n) is 4.98. The van der Waals surface area contributed by atoms with Gasteiger partial charge in [-0.3, -0.25) is 4.57 Å². The van der Waals surface area contributed by atoms with Crippen LogP contribution in [0, 0.1) is 6.92 Å². The number of methoxy groups -OCH3 is 1. The van der Waals surface area contributed by atoms with Crippen molar-refractivity contribution < 1.29 is 4.74 Å². The molecule has 0 amide bonds. The van der Waals surface area contributed by atoms with Crippen LogP contribution in [-0.2, 0) is 0 Å². The van der Waals surface area contributed by atoms with Gasteiger partial charge in [0.2, 0.25) is 0 Å². The van der Waals surface area contributed by atoms with E-state index in [1.807, 2.05) is 18.3 Å². The van der Waals surface area contributed by atoms with E-state index in [0.29, 0.717) is 0 Å². The van der Waals surface area contributed by atoms with E-state index in [1.54, 1.807) is 18.9 Å². The first kappa shape index (κ1) is 14.7. The van der Waals surface area contributed by atoms with Crippen molar-refractivity contribution in [3.05, 3.63) is 60.3 Å². The lowest BCUT2D eigenvalue weighted by Gasteiger charge is -2.14. The van der Waals surface area contributed by atoms with Crippen LogP contribution < -0.4 is 4.74 Å². The van der Waals surface area contributed by atoms with Crippen LogP contribution in [0.25, 0.3) is 16.9 Å². The maximum atomic E-state index is 5.24. The first-order valence-corrected chi connectivity index (χ1v) is 8.29. The predicted molar refractivity (Wildman–Crippen MR) is 92.1 cm³/mol. The van der Waals surface area contributed by atoms with Gasteiger partial charge < -0.3 is 4.74 Å². The minimum absolute atomic E-state index is 0.857. The van der Waals surface area contributed by atoms with Crippen molar-refractivity contribution in [1.29, 1.82) is 0 Å². The van der Waals surface area contributed by atoms with Crippen LogP contribution in [-0.4, -0.2) is 22.9 Å². The van der Waals surface area contributed by atoms with Gasteiger partial charge in [0.1, 0.15) is 5.75 Å². The van der Waals surface area contributed by atoms with Gasteiger partial charge in [-0.05, 0) is 49.1 Å². The third-order valence-corrected chi connectivity index (χ3v) is 4.31. The van der Waals surface area contributed by atoms with Crippen LogP contribution in [0.1, 0.15) is 5.56 Å². The minimum Gasteiger partial charge on any atom is -0.497 e. The molecule has 0 saturated carbocycles. The van der Waals surface area contributed by atoms with E-state index in [9.17, 15) is 0 Å². The number of aromatic nitrogens is 2. The van der Waals surface area contributed by atoms with Crippen LogP contribution in [0.5, 0.6) is 5.75 Å². The molecule has 4 heteroatoms. The highest BCUT2D eigenvalue weighted by atomic mass is 32.2. The largest absolute Gasteiger partial charge is 0.497 e. The molecule has 22 heavy (non-hydrogen) atoms. The molecule has 0 spiro atoms. The van der Waals surface area contributed by atoms with Gasteiger partial charge in [-0.1, -0.05) is 30.0 Å². The number of nitrogens with zero attached hydrogens (tertiary/aromatic N) is 2. The standard InChI is InChI=1S/C18H18N2OS/c1-13-6-4-5-7-16(13)20-17(12-19-18(20)22-3)14-8-10-15(21-2)11-9-14/h4-12H,1-3H3. The zero-order valence-corrected chi connectivity index (χ0v) is 13.7. The zero-order chi connectivity index (χ0) is 15.5. The van der Waals surface area contributed by atoms with Crippen LogP contribution in [0.15, 0.2) is 59.9 Å². The average molecular weight is 310 g/mol. The molecule has 0 unspecified atom stereocenters. The molecule has 0 saturated heterocycles. The summed E-state index contributed by atoms with van der Waals surface area (Å²) in [6, 6.07) is 16.4. The monoisotopic (exact) mass is 310 g/mol. The molecule has 0 aliphatic heterocycles. The highest BCUT2D eigenvalue weighted by Gasteiger charge is 2.14. The predicted octanol–water partition coefficient (Wildman–Crippen LogP) is 4.58. The molecule has 112 valence electrons. The lowest BCUT2D eigenvalue weighted by molar-refractivity contribution is 0.415. The number of aryl methyl sites for hydroxylation is 1. The third kappa shape index (κ3) is 2.62. The number of ether oxygens (including phenoxy) is 1. The molecule has 2 aromatic carbocycles. The highest BCUT2D eigenvalue weighted by Crippen LogP contribution is 2.31. The van der Waals surface area contributed by atoms with Gasteiger partial charge in [0, 0.05) is 5.56 Å². The van der Waals surface area contributed by atoms with Crippen LogP contribution in [0.4, 0.5) is 0 Å². The van der Waals surface area contributed by atoms with Crippen molar-refractivity contribution in [1.82, 2.24) is 9.55 Å². The molecular weight excluding hydrogens is 292 g/mol. The van der Waals surface area contributed by atoms with Crippen molar-refractivity contribution in [3.8, 4) is 22.7 Å². The lowest BCUT2D eigenvalue weighted by Crippen LogP contribution is -2.01. The second-order valence-corrected chi connectivity index (χ2v) is 5.75. The molecule has 0 bridgehead atoms. The summed E-state index contributed by atoms with van der Waals surface area (Å²) in [5, 5.41) is 0.986. The van der Waals surface area contributed by atoms with Gasteiger partial charge in [-0.25, -0.2) is 4.98 Å². The van der Waals surface area contributed by atoms with Crippen LogP contribution in [0.2, 0.25) is 0 Å². The molecule has 3 nitrogen and oxygen atoms in total. The molecule has 0 fully saturated rings. The molecule has 0 atom stereocenters. The van der Waals surface area contributed by atoms with Crippen LogP contribution >= 0.6 is 11.8 Å². The molecule has 0 N–H and O–H groups in total. The fourth-order valence-electron chi connectivity index (χ4n) is 2.49. The Bertz CT molecular complexity index is 778. The Morgan fingerprint density at radius 2 is 1.77 bits per heavy atom. The number of hydrogen-bond acceptors (Lipinski definition) is 3. The smallest absolute Gasteiger partial charge is 0.172 e. The summed E-state index contributed by atoms with van der Waals surface area (Å²) in [6.07, 6.45) is 3.98. The van der Waals surface area contributed by atoms with Gasteiger partial charge in [0.25, 0.3) is 0 Å². The number of thioether (sulfide) groups is 1. The molecule has 1 aromatic heterocycles. The topological polar surface area (TPSA) is 27.1 Å². The minimum atomic E-state index is 0.857. The van der Waals surface area contributed by atoms with E-state index in [0.717, 1.165) is 27.9 Å². The highest BCUT2D eigenvalue weighted by molar-refractivity contribution is 7.98. The van der Waals surface area contributed by atoms with Crippen LogP contribution in [0.3, 0.4) is 0 Å². The Balaban J connectivity index is 2.17. The second kappa shape index (κ2) is 6.28. The summed E-state index contributed by atoms with van der Waals surface area (Å²) in [6.45, 7) is 2.12. The molecule has 0 radical (unpaired) electrons.